The van der Waals surface area contributed by atoms with Gasteiger partial charge >= 0.3 is 0 Å². The van der Waals surface area contributed by atoms with Gasteiger partial charge in [0, 0.05) is 0 Å². The van der Waals surface area contributed by atoms with Gasteiger partial charge in [-0.05, 0) is 72.6 Å². The lowest BCUT2D eigenvalue weighted by Gasteiger charge is -2.19. The van der Waals surface area contributed by atoms with E-state index in [4.69, 9.17) is 0 Å². The summed E-state index contributed by atoms with van der Waals surface area (Å²) in [4.78, 5) is 0. The summed E-state index contributed by atoms with van der Waals surface area (Å²) in [6.07, 6.45) is 8.09. The highest BCUT2D eigenvalue weighted by Gasteiger charge is 2.17. The van der Waals surface area contributed by atoms with Crippen molar-refractivity contribution in [3.05, 3.63) is 152 Å². The summed E-state index contributed by atoms with van der Waals surface area (Å²) >= 11 is 0. The number of rotatable bonds is 5. The second kappa shape index (κ2) is 9.76. The Bertz CT molecular complexity index is 1770. The second-order valence-electron chi connectivity index (χ2n) is 9.30. The summed E-state index contributed by atoms with van der Waals surface area (Å²) in [5, 5.41) is 7.63. The van der Waals surface area contributed by atoms with Crippen LogP contribution in [-0.2, 0) is 0 Å². The van der Waals surface area contributed by atoms with Crippen LogP contribution in [0.4, 0.5) is 0 Å². The fraction of sp³-hybridized carbons (Fsp3) is 0.0270. The Kier molecular flexibility index (Phi) is 6.00. The monoisotopic (exact) mass is 472 g/mol. The van der Waals surface area contributed by atoms with E-state index in [1.165, 1.54) is 60.1 Å². The largest absolute Gasteiger partial charge is 0.0990 e. The maximum Gasteiger partial charge on any atom is -0.00201 e. The maximum absolute atomic E-state index is 3.88. The molecular weight excluding hydrogens is 444 g/mol. The molecule has 0 bridgehead atoms. The van der Waals surface area contributed by atoms with Crippen molar-refractivity contribution in [3.8, 4) is 22.3 Å². The zero-order valence-electron chi connectivity index (χ0n) is 21.0. The molecule has 0 saturated heterocycles. The minimum atomic E-state index is 1.16. The fourth-order valence-electron chi connectivity index (χ4n) is 5.56. The van der Waals surface area contributed by atoms with E-state index >= 15 is 0 Å². The Morgan fingerprint density at radius 3 is 1.70 bits per heavy atom. The zero-order chi connectivity index (χ0) is 25.2. The minimum Gasteiger partial charge on any atom is -0.0990 e. The summed E-state index contributed by atoms with van der Waals surface area (Å²) in [6, 6.07) is 41.9. The molecule has 0 atom stereocenters. The van der Waals surface area contributed by atoms with Gasteiger partial charge in [0.1, 0.15) is 0 Å². The van der Waals surface area contributed by atoms with Crippen molar-refractivity contribution in [2.45, 2.75) is 6.92 Å². The van der Waals surface area contributed by atoms with Crippen molar-refractivity contribution < 1.29 is 0 Å². The van der Waals surface area contributed by atoms with Crippen LogP contribution in [0.5, 0.6) is 0 Å². The number of hydrogen-bond donors (Lipinski definition) is 0. The third-order valence-corrected chi connectivity index (χ3v) is 7.14. The quantitative estimate of drug-likeness (QED) is 0.173. The van der Waals surface area contributed by atoms with Gasteiger partial charge in [0.25, 0.3) is 0 Å². The van der Waals surface area contributed by atoms with Gasteiger partial charge in [0.2, 0.25) is 0 Å². The standard InChI is InChI=1S/C37H28/c1-3-12-26(13-4-2)27-22-24-29(25-23-27)36-32-17-7-9-19-34(32)37(35-20-10-8-18-33(35)36)31-21-11-15-28-14-5-6-16-30(28)31/h3-25H,1H2,2H3/b13-4-,26-12+. The van der Waals surface area contributed by atoms with Gasteiger partial charge in [-0.1, -0.05) is 146 Å². The van der Waals surface area contributed by atoms with Crippen molar-refractivity contribution in [3.63, 3.8) is 0 Å². The smallest absolute Gasteiger partial charge is 0.00201 e. The number of hydrogen-bond acceptors (Lipinski definition) is 0. The molecule has 6 aromatic rings. The Morgan fingerprint density at radius 1 is 0.568 bits per heavy atom. The van der Waals surface area contributed by atoms with Crippen molar-refractivity contribution in [2.24, 2.45) is 0 Å². The first-order valence-electron chi connectivity index (χ1n) is 12.8. The molecule has 176 valence electrons. The van der Waals surface area contributed by atoms with E-state index in [0.29, 0.717) is 0 Å². The Hall–Kier alpha value is -4.68. The van der Waals surface area contributed by atoms with Crippen LogP contribution < -0.4 is 0 Å². The maximum atomic E-state index is 3.88. The molecule has 6 rings (SSSR count). The lowest BCUT2D eigenvalue weighted by molar-refractivity contribution is 1.60. The van der Waals surface area contributed by atoms with Crippen LogP contribution in [0.1, 0.15) is 12.5 Å². The molecule has 6 aromatic carbocycles. The van der Waals surface area contributed by atoms with Gasteiger partial charge in [-0.15, -0.1) is 0 Å². The van der Waals surface area contributed by atoms with Crippen LogP contribution >= 0.6 is 0 Å². The van der Waals surface area contributed by atoms with Gasteiger partial charge in [0.15, 0.2) is 0 Å². The minimum absolute atomic E-state index is 1.16. The molecule has 0 radical (unpaired) electrons. The van der Waals surface area contributed by atoms with E-state index < -0.39 is 0 Å². The molecule has 0 unspecified atom stereocenters. The number of benzene rings is 6. The third-order valence-electron chi connectivity index (χ3n) is 7.14. The van der Waals surface area contributed by atoms with Crippen molar-refractivity contribution in [1.82, 2.24) is 0 Å². The van der Waals surface area contributed by atoms with Gasteiger partial charge in [-0.3, -0.25) is 0 Å². The average Bonchev–Trinajstić information content (AvgIpc) is 2.96. The van der Waals surface area contributed by atoms with Crippen LogP contribution in [0.25, 0.3) is 60.1 Å². The van der Waals surface area contributed by atoms with Gasteiger partial charge < -0.3 is 0 Å². The molecule has 0 heterocycles. The second-order valence-corrected chi connectivity index (χ2v) is 9.30. The summed E-state index contributed by atoms with van der Waals surface area (Å²) in [7, 11) is 0. The molecule has 0 aliphatic rings. The van der Waals surface area contributed by atoms with Crippen molar-refractivity contribution in [2.75, 3.05) is 0 Å². The third kappa shape index (κ3) is 3.97. The van der Waals surface area contributed by atoms with Crippen LogP contribution in [-0.4, -0.2) is 0 Å². The highest BCUT2D eigenvalue weighted by atomic mass is 14.2. The highest BCUT2D eigenvalue weighted by molar-refractivity contribution is 6.23. The predicted octanol–water partition coefficient (Wildman–Crippen LogP) is 10.6. The average molecular weight is 473 g/mol. The molecular formula is C37H28. The topological polar surface area (TPSA) is 0 Å². The lowest BCUT2D eigenvalue weighted by Crippen LogP contribution is -1.92. The molecule has 0 heteroatoms. The first-order valence-corrected chi connectivity index (χ1v) is 12.8. The summed E-state index contributed by atoms with van der Waals surface area (Å²) in [5.74, 6) is 0. The Balaban J connectivity index is 1.66. The molecule has 0 spiro atoms. The van der Waals surface area contributed by atoms with Gasteiger partial charge in [-0.2, -0.15) is 0 Å². The van der Waals surface area contributed by atoms with Gasteiger partial charge in [0.05, 0.1) is 0 Å². The van der Waals surface area contributed by atoms with Gasteiger partial charge in [-0.25, -0.2) is 0 Å². The summed E-state index contributed by atoms with van der Waals surface area (Å²) < 4.78 is 0. The van der Waals surface area contributed by atoms with E-state index in [1.807, 2.05) is 13.0 Å². The SMILES string of the molecule is C=C/C=C(\C=C/C)c1ccc(-c2c3ccccc3c(-c3cccc4ccccc34)c3ccccc23)cc1. The van der Waals surface area contributed by atoms with Crippen LogP contribution in [0, 0.1) is 0 Å². The fourth-order valence-corrected chi connectivity index (χ4v) is 5.56. The number of allylic oxidation sites excluding steroid dienone is 5. The first-order chi connectivity index (χ1) is 18.3. The van der Waals surface area contributed by atoms with Crippen LogP contribution in [0.2, 0.25) is 0 Å². The van der Waals surface area contributed by atoms with E-state index in [0.717, 1.165) is 5.57 Å². The molecule has 0 amide bonds. The van der Waals surface area contributed by atoms with E-state index in [2.05, 4.69) is 140 Å². The van der Waals surface area contributed by atoms with Crippen molar-refractivity contribution >= 4 is 37.9 Å². The predicted molar refractivity (Wildman–Crippen MR) is 163 cm³/mol. The van der Waals surface area contributed by atoms with Crippen LogP contribution in [0.15, 0.2) is 146 Å². The molecule has 0 nitrogen and oxygen atoms in total. The normalized spacial score (nSPS) is 12.1. The molecule has 37 heavy (non-hydrogen) atoms. The zero-order valence-corrected chi connectivity index (χ0v) is 21.0. The van der Waals surface area contributed by atoms with E-state index in [-0.39, 0.29) is 0 Å². The summed E-state index contributed by atoms with van der Waals surface area (Å²) in [6.45, 7) is 5.93. The molecule has 0 aromatic heterocycles. The molecule has 0 saturated carbocycles. The van der Waals surface area contributed by atoms with E-state index in [9.17, 15) is 0 Å². The highest BCUT2D eigenvalue weighted by Crippen LogP contribution is 2.45. The van der Waals surface area contributed by atoms with Crippen LogP contribution in [0.3, 0.4) is 0 Å². The summed E-state index contributed by atoms with van der Waals surface area (Å²) in [5.41, 5.74) is 7.42. The van der Waals surface area contributed by atoms with Crippen molar-refractivity contribution in [1.29, 1.82) is 0 Å². The molecule has 0 fully saturated rings. The molecule has 0 aliphatic carbocycles. The Labute approximate surface area is 218 Å². The molecule has 0 aliphatic heterocycles. The van der Waals surface area contributed by atoms with E-state index in [1.54, 1.807) is 0 Å². The molecule has 0 N–H and O–H groups in total. The lowest BCUT2D eigenvalue weighted by atomic mass is 9.84. The number of fused-ring (bicyclic) bond motifs is 3. The Morgan fingerprint density at radius 2 is 1.11 bits per heavy atom. The first kappa shape index (κ1) is 22.8.